The van der Waals surface area contributed by atoms with Crippen molar-refractivity contribution >= 4 is 17.4 Å². The van der Waals surface area contributed by atoms with Crippen molar-refractivity contribution in [2.45, 2.75) is 23.7 Å². The third-order valence-corrected chi connectivity index (χ3v) is 4.00. The minimum absolute atomic E-state index is 0.589. The van der Waals surface area contributed by atoms with Crippen molar-refractivity contribution in [2.75, 3.05) is 5.73 Å². The average Bonchev–Trinajstić information content (AvgIpc) is 2.37. The van der Waals surface area contributed by atoms with Crippen LogP contribution in [0.1, 0.15) is 16.7 Å². The van der Waals surface area contributed by atoms with Crippen LogP contribution in [-0.2, 0) is 11.9 Å². The van der Waals surface area contributed by atoms with Crippen LogP contribution >= 0.6 is 11.8 Å². The van der Waals surface area contributed by atoms with Crippen LogP contribution < -0.4 is 5.73 Å². The summed E-state index contributed by atoms with van der Waals surface area (Å²) >= 11 is 1.52. The number of rotatable bonds is 3. The molecule has 0 bridgehead atoms. The SMILES string of the molecule is Cc1ccc(SCc2ccc(C(F)(F)F)cc2)c(N)c1. The average molecular weight is 297 g/mol. The molecule has 2 N–H and O–H groups in total. The molecule has 0 aliphatic carbocycles. The fourth-order valence-corrected chi connectivity index (χ4v) is 2.65. The minimum Gasteiger partial charge on any atom is -0.398 e. The van der Waals surface area contributed by atoms with E-state index in [2.05, 4.69) is 0 Å². The molecule has 0 aliphatic heterocycles. The van der Waals surface area contributed by atoms with E-state index in [4.69, 9.17) is 5.73 Å². The van der Waals surface area contributed by atoms with Crippen LogP contribution in [0.3, 0.4) is 0 Å². The van der Waals surface area contributed by atoms with Crippen molar-refractivity contribution in [1.82, 2.24) is 0 Å². The molecule has 20 heavy (non-hydrogen) atoms. The van der Waals surface area contributed by atoms with E-state index in [9.17, 15) is 13.2 Å². The monoisotopic (exact) mass is 297 g/mol. The zero-order chi connectivity index (χ0) is 14.8. The second kappa shape index (κ2) is 5.79. The van der Waals surface area contributed by atoms with Gasteiger partial charge in [0.25, 0.3) is 0 Å². The third kappa shape index (κ3) is 3.70. The topological polar surface area (TPSA) is 26.0 Å². The van der Waals surface area contributed by atoms with Gasteiger partial charge in [-0.25, -0.2) is 0 Å². The Kier molecular flexibility index (Phi) is 4.28. The zero-order valence-electron chi connectivity index (χ0n) is 10.9. The van der Waals surface area contributed by atoms with Crippen LogP contribution in [-0.4, -0.2) is 0 Å². The summed E-state index contributed by atoms with van der Waals surface area (Å²) in [5.74, 6) is 0.589. The Morgan fingerprint density at radius 1 is 1.05 bits per heavy atom. The number of anilines is 1. The maximum atomic E-state index is 12.4. The molecule has 0 fully saturated rings. The van der Waals surface area contributed by atoms with Crippen LogP contribution in [0.2, 0.25) is 0 Å². The van der Waals surface area contributed by atoms with Gasteiger partial charge in [-0.3, -0.25) is 0 Å². The third-order valence-electron chi connectivity index (χ3n) is 2.84. The molecule has 0 aliphatic rings. The normalized spacial score (nSPS) is 11.6. The van der Waals surface area contributed by atoms with E-state index in [0.717, 1.165) is 28.2 Å². The fraction of sp³-hybridized carbons (Fsp3) is 0.200. The molecule has 0 spiro atoms. The summed E-state index contributed by atoms with van der Waals surface area (Å²) < 4.78 is 37.3. The number of hydrogen-bond acceptors (Lipinski definition) is 2. The van der Waals surface area contributed by atoms with Crippen molar-refractivity contribution < 1.29 is 13.2 Å². The van der Waals surface area contributed by atoms with Crippen LogP contribution in [0.5, 0.6) is 0 Å². The van der Waals surface area contributed by atoms with E-state index in [0.29, 0.717) is 11.4 Å². The quantitative estimate of drug-likeness (QED) is 0.645. The zero-order valence-corrected chi connectivity index (χ0v) is 11.7. The van der Waals surface area contributed by atoms with Crippen LogP contribution in [0.4, 0.5) is 18.9 Å². The van der Waals surface area contributed by atoms with Gasteiger partial charge in [0.2, 0.25) is 0 Å². The van der Waals surface area contributed by atoms with Crippen LogP contribution in [0, 0.1) is 6.92 Å². The highest BCUT2D eigenvalue weighted by molar-refractivity contribution is 7.98. The number of nitrogen functional groups attached to an aromatic ring is 1. The van der Waals surface area contributed by atoms with Gasteiger partial charge >= 0.3 is 6.18 Å². The number of benzene rings is 2. The lowest BCUT2D eigenvalue weighted by Crippen LogP contribution is -2.04. The predicted octanol–water partition coefficient (Wildman–Crippen LogP) is 4.89. The van der Waals surface area contributed by atoms with Crippen molar-refractivity contribution in [3.8, 4) is 0 Å². The largest absolute Gasteiger partial charge is 0.416 e. The smallest absolute Gasteiger partial charge is 0.398 e. The summed E-state index contributed by atoms with van der Waals surface area (Å²) in [4.78, 5) is 0.940. The predicted molar refractivity (Wildman–Crippen MR) is 76.6 cm³/mol. The first-order valence-corrected chi connectivity index (χ1v) is 7.00. The van der Waals surface area contributed by atoms with Gasteiger partial charge in [0.1, 0.15) is 0 Å². The Hall–Kier alpha value is -1.62. The van der Waals surface area contributed by atoms with Crippen LogP contribution in [0.25, 0.3) is 0 Å². The van der Waals surface area contributed by atoms with Crippen molar-refractivity contribution in [3.05, 3.63) is 59.2 Å². The van der Waals surface area contributed by atoms with E-state index in [1.807, 2.05) is 25.1 Å². The summed E-state index contributed by atoms with van der Waals surface area (Å²) in [7, 11) is 0. The standard InChI is InChI=1S/C15H14F3NS/c1-10-2-7-14(13(19)8-10)20-9-11-3-5-12(6-4-11)15(16,17)18/h2-8H,9,19H2,1H3. The second-order valence-electron chi connectivity index (χ2n) is 4.52. The number of alkyl halides is 3. The van der Waals surface area contributed by atoms with E-state index < -0.39 is 11.7 Å². The van der Waals surface area contributed by atoms with E-state index in [1.165, 1.54) is 23.9 Å². The minimum atomic E-state index is -4.28. The van der Waals surface area contributed by atoms with Gasteiger partial charge in [0.05, 0.1) is 5.56 Å². The molecule has 2 aromatic carbocycles. The van der Waals surface area contributed by atoms with E-state index >= 15 is 0 Å². The fourth-order valence-electron chi connectivity index (χ4n) is 1.75. The van der Waals surface area contributed by atoms with E-state index in [1.54, 1.807) is 0 Å². The lowest BCUT2D eigenvalue weighted by molar-refractivity contribution is -0.137. The number of thioether (sulfide) groups is 1. The molecule has 0 radical (unpaired) electrons. The van der Waals surface area contributed by atoms with Gasteiger partial charge < -0.3 is 5.73 Å². The van der Waals surface area contributed by atoms with Crippen molar-refractivity contribution in [1.29, 1.82) is 0 Å². The first-order valence-electron chi connectivity index (χ1n) is 6.01. The molecule has 0 atom stereocenters. The van der Waals surface area contributed by atoms with Crippen molar-refractivity contribution in [2.24, 2.45) is 0 Å². The Labute approximate surface area is 120 Å². The molecule has 0 unspecified atom stereocenters. The van der Waals surface area contributed by atoms with Gasteiger partial charge in [-0.2, -0.15) is 13.2 Å². The van der Waals surface area contributed by atoms with Crippen molar-refractivity contribution in [3.63, 3.8) is 0 Å². The molecule has 2 aromatic rings. The molecule has 0 aromatic heterocycles. The molecule has 0 saturated carbocycles. The molecule has 1 nitrogen and oxygen atoms in total. The van der Waals surface area contributed by atoms with Gasteiger partial charge in [-0.15, -0.1) is 11.8 Å². The molecule has 0 heterocycles. The second-order valence-corrected chi connectivity index (χ2v) is 5.54. The lowest BCUT2D eigenvalue weighted by atomic mass is 10.1. The maximum Gasteiger partial charge on any atom is 0.416 e. The number of halogens is 3. The van der Waals surface area contributed by atoms with Gasteiger partial charge in [-0.05, 0) is 42.3 Å². The number of hydrogen-bond donors (Lipinski definition) is 1. The summed E-state index contributed by atoms with van der Waals surface area (Å²) in [5.41, 5.74) is 7.89. The lowest BCUT2D eigenvalue weighted by Gasteiger charge is -2.09. The first-order chi connectivity index (χ1) is 9.36. The Morgan fingerprint density at radius 2 is 1.70 bits per heavy atom. The molecule has 0 amide bonds. The van der Waals surface area contributed by atoms with Gasteiger partial charge in [0, 0.05) is 16.3 Å². The molecular weight excluding hydrogens is 283 g/mol. The number of aryl methyl sites for hydroxylation is 1. The highest BCUT2D eigenvalue weighted by Gasteiger charge is 2.29. The maximum absolute atomic E-state index is 12.4. The summed E-state index contributed by atoms with van der Waals surface area (Å²) in [6.07, 6.45) is -4.28. The molecule has 0 saturated heterocycles. The van der Waals surface area contributed by atoms with Gasteiger partial charge in [-0.1, -0.05) is 18.2 Å². The van der Waals surface area contributed by atoms with Crippen LogP contribution in [0.15, 0.2) is 47.4 Å². The Balaban J connectivity index is 2.04. The highest BCUT2D eigenvalue weighted by atomic mass is 32.2. The number of nitrogens with two attached hydrogens (primary N) is 1. The summed E-state index contributed by atoms with van der Waals surface area (Å²) in [6, 6.07) is 11.0. The molecule has 5 heteroatoms. The summed E-state index contributed by atoms with van der Waals surface area (Å²) in [5, 5.41) is 0. The highest BCUT2D eigenvalue weighted by Crippen LogP contribution is 2.31. The van der Waals surface area contributed by atoms with E-state index in [-0.39, 0.29) is 0 Å². The molecule has 2 rings (SSSR count). The molecule has 106 valence electrons. The van der Waals surface area contributed by atoms with Gasteiger partial charge in [0.15, 0.2) is 0 Å². The summed E-state index contributed by atoms with van der Waals surface area (Å²) in [6.45, 7) is 1.96. The first kappa shape index (κ1) is 14.8. The Morgan fingerprint density at radius 3 is 2.25 bits per heavy atom. The molecular formula is C15H14F3NS. The Bertz CT molecular complexity index is 591.